The minimum absolute atomic E-state index is 0.0181. The molecule has 1 aliphatic heterocycles. The highest BCUT2D eigenvalue weighted by Crippen LogP contribution is 2.30. The number of primary amides is 1. The standard InChI is InChI=1S/C27H31ClN4O3/c28-24-12-10-22(11-13-24)26(21-6-2-1-3-7-21)31-16-14-30(15-17-31)18-19-35-25-9-5-4-8-23(25)20-32(34)27(29)33/h1-13,26,34H,14-20H2,(H2,29,33). The van der Waals surface area contributed by atoms with Crippen molar-refractivity contribution in [1.82, 2.24) is 14.9 Å². The number of rotatable bonds is 9. The van der Waals surface area contributed by atoms with Gasteiger partial charge in [-0.2, -0.15) is 0 Å². The van der Waals surface area contributed by atoms with E-state index in [-0.39, 0.29) is 12.6 Å². The fraction of sp³-hybridized carbons (Fsp3) is 0.296. The van der Waals surface area contributed by atoms with Crippen molar-refractivity contribution in [3.05, 3.63) is 101 Å². The average molecular weight is 495 g/mol. The second kappa shape index (κ2) is 12.0. The van der Waals surface area contributed by atoms with Crippen LogP contribution in [0.4, 0.5) is 4.79 Å². The molecule has 35 heavy (non-hydrogen) atoms. The van der Waals surface area contributed by atoms with Gasteiger partial charge in [0, 0.05) is 43.3 Å². The second-order valence-corrected chi connectivity index (χ2v) is 9.03. The summed E-state index contributed by atoms with van der Waals surface area (Å²) in [5.74, 6) is 0.637. The topological polar surface area (TPSA) is 82.3 Å². The van der Waals surface area contributed by atoms with Gasteiger partial charge in [-0.3, -0.25) is 15.0 Å². The molecule has 2 amide bonds. The quantitative estimate of drug-likeness (QED) is 0.340. The summed E-state index contributed by atoms with van der Waals surface area (Å²) < 4.78 is 5.99. The number of halogens is 1. The maximum Gasteiger partial charge on any atom is 0.338 e. The first kappa shape index (κ1) is 25.0. The number of nitrogens with zero attached hydrogens (tertiary/aromatic N) is 3. The zero-order chi connectivity index (χ0) is 24.6. The Morgan fingerprint density at radius 1 is 0.943 bits per heavy atom. The molecule has 3 N–H and O–H groups in total. The van der Waals surface area contributed by atoms with Gasteiger partial charge < -0.3 is 10.5 Å². The molecule has 7 nitrogen and oxygen atoms in total. The molecule has 0 bridgehead atoms. The van der Waals surface area contributed by atoms with Crippen LogP contribution in [0.2, 0.25) is 5.02 Å². The van der Waals surface area contributed by atoms with E-state index in [0.717, 1.165) is 37.7 Å². The normalized spacial score (nSPS) is 15.5. The molecule has 184 valence electrons. The third-order valence-electron chi connectivity index (χ3n) is 6.29. The Labute approximate surface area is 211 Å². The van der Waals surface area contributed by atoms with Crippen LogP contribution in [0, 0.1) is 0 Å². The average Bonchev–Trinajstić information content (AvgIpc) is 2.88. The predicted octanol–water partition coefficient (Wildman–Crippen LogP) is 4.40. The Balaban J connectivity index is 1.33. The van der Waals surface area contributed by atoms with Crippen LogP contribution in [0.1, 0.15) is 22.7 Å². The largest absolute Gasteiger partial charge is 0.492 e. The first-order chi connectivity index (χ1) is 17.0. The van der Waals surface area contributed by atoms with E-state index in [1.807, 2.05) is 36.4 Å². The number of hydroxylamine groups is 2. The Kier molecular flexibility index (Phi) is 8.60. The smallest absolute Gasteiger partial charge is 0.338 e. The van der Waals surface area contributed by atoms with Crippen molar-refractivity contribution in [2.45, 2.75) is 12.6 Å². The molecule has 8 heteroatoms. The van der Waals surface area contributed by atoms with E-state index in [1.165, 1.54) is 11.1 Å². The Morgan fingerprint density at radius 3 is 2.26 bits per heavy atom. The van der Waals surface area contributed by atoms with Gasteiger partial charge in [0.05, 0.1) is 12.6 Å². The SMILES string of the molecule is NC(=O)N(O)Cc1ccccc1OCCN1CCN(C(c2ccccc2)c2ccc(Cl)cc2)CC1. The number of para-hydroxylation sites is 1. The molecular weight excluding hydrogens is 464 g/mol. The van der Waals surface area contributed by atoms with Crippen LogP contribution in [0.3, 0.4) is 0 Å². The molecular formula is C27H31ClN4O3. The summed E-state index contributed by atoms with van der Waals surface area (Å²) in [6.45, 7) is 5.04. The number of carbonyl (C=O) groups is 1. The van der Waals surface area contributed by atoms with Crippen molar-refractivity contribution in [2.75, 3.05) is 39.3 Å². The molecule has 1 aliphatic rings. The fourth-order valence-electron chi connectivity index (χ4n) is 4.44. The summed E-state index contributed by atoms with van der Waals surface area (Å²) in [6.07, 6.45) is 0. The lowest BCUT2D eigenvalue weighted by molar-refractivity contribution is -0.0475. The van der Waals surface area contributed by atoms with Crippen LogP contribution >= 0.6 is 11.6 Å². The van der Waals surface area contributed by atoms with Gasteiger partial charge in [-0.15, -0.1) is 0 Å². The van der Waals surface area contributed by atoms with E-state index in [2.05, 4.69) is 46.2 Å². The number of amides is 2. The molecule has 3 aromatic carbocycles. The highest BCUT2D eigenvalue weighted by Gasteiger charge is 2.26. The van der Waals surface area contributed by atoms with Gasteiger partial charge in [0.25, 0.3) is 0 Å². The zero-order valence-electron chi connectivity index (χ0n) is 19.6. The molecule has 1 unspecified atom stereocenters. The third kappa shape index (κ3) is 6.74. The predicted molar refractivity (Wildman–Crippen MR) is 137 cm³/mol. The van der Waals surface area contributed by atoms with Gasteiger partial charge in [0.15, 0.2) is 0 Å². The number of benzene rings is 3. The first-order valence-corrected chi connectivity index (χ1v) is 12.1. The lowest BCUT2D eigenvalue weighted by Crippen LogP contribution is -2.48. The summed E-state index contributed by atoms with van der Waals surface area (Å²) >= 11 is 6.14. The monoisotopic (exact) mass is 494 g/mol. The van der Waals surface area contributed by atoms with E-state index in [1.54, 1.807) is 6.07 Å². The Hall–Kier alpha value is -3.10. The van der Waals surface area contributed by atoms with Gasteiger partial charge in [-0.1, -0.05) is 72.3 Å². The first-order valence-electron chi connectivity index (χ1n) is 11.7. The van der Waals surface area contributed by atoms with Crippen LogP contribution < -0.4 is 10.5 Å². The van der Waals surface area contributed by atoms with E-state index in [0.29, 0.717) is 23.0 Å². The van der Waals surface area contributed by atoms with Gasteiger partial charge in [-0.25, -0.2) is 9.86 Å². The highest BCUT2D eigenvalue weighted by atomic mass is 35.5. The maximum atomic E-state index is 11.1. The van der Waals surface area contributed by atoms with Crippen molar-refractivity contribution >= 4 is 17.6 Å². The molecule has 1 atom stereocenters. The highest BCUT2D eigenvalue weighted by molar-refractivity contribution is 6.30. The molecule has 4 rings (SSSR count). The summed E-state index contributed by atoms with van der Waals surface area (Å²) in [5, 5.41) is 10.9. The summed E-state index contributed by atoms with van der Waals surface area (Å²) in [4.78, 5) is 16.1. The van der Waals surface area contributed by atoms with Gasteiger partial charge >= 0.3 is 6.03 Å². The molecule has 1 fully saturated rings. The summed E-state index contributed by atoms with van der Waals surface area (Å²) in [7, 11) is 0. The van der Waals surface area contributed by atoms with Crippen LogP contribution in [0.15, 0.2) is 78.9 Å². The molecule has 0 aliphatic carbocycles. The fourth-order valence-corrected chi connectivity index (χ4v) is 4.56. The van der Waals surface area contributed by atoms with Crippen molar-refractivity contribution in [3.63, 3.8) is 0 Å². The van der Waals surface area contributed by atoms with E-state index >= 15 is 0 Å². The summed E-state index contributed by atoms with van der Waals surface area (Å²) in [6, 6.07) is 25.4. The lowest BCUT2D eigenvalue weighted by Gasteiger charge is -2.39. The molecule has 1 heterocycles. The number of hydrogen-bond donors (Lipinski definition) is 2. The molecule has 0 aromatic heterocycles. The Bertz CT molecular complexity index is 1090. The van der Waals surface area contributed by atoms with E-state index in [4.69, 9.17) is 22.1 Å². The van der Waals surface area contributed by atoms with Crippen LogP contribution in [0.5, 0.6) is 5.75 Å². The maximum absolute atomic E-state index is 11.1. The number of urea groups is 1. The van der Waals surface area contributed by atoms with Crippen molar-refractivity contribution in [2.24, 2.45) is 5.73 Å². The van der Waals surface area contributed by atoms with Gasteiger partial charge in [0.2, 0.25) is 0 Å². The molecule has 0 spiro atoms. The van der Waals surface area contributed by atoms with E-state index in [9.17, 15) is 10.0 Å². The zero-order valence-corrected chi connectivity index (χ0v) is 20.3. The van der Waals surface area contributed by atoms with Gasteiger partial charge in [-0.05, 0) is 29.3 Å². The number of piperazine rings is 1. The van der Waals surface area contributed by atoms with Crippen LogP contribution in [0.25, 0.3) is 0 Å². The van der Waals surface area contributed by atoms with Gasteiger partial charge in [0.1, 0.15) is 12.4 Å². The third-order valence-corrected chi connectivity index (χ3v) is 6.54. The second-order valence-electron chi connectivity index (χ2n) is 8.59. The van der Waals surface area contributed by atoms with Crippen molar-refractivity contribution < 1.29 is 14.7 Å². The molecule has 0 saturated carbocycles. The molecule has 1 saturated heterocycles. The van der Waals surface area contributed by atoms with Crippen molar-refractivity contribution in [3.8, 4) is 5.75 Å². The molecule has 0 radical (unpaired) electrons. The number of nitrogens with two attached hydrogens (primary N) is 1. The number of ether oxygens (including phenoxy) is 1. The van der Waals surface area contributed by atoms with E-state index < -0.39 is 6.03 Å². The number of hydrogen-bond acceptors (Lipinski definition) is 5. The Morgan fingerprint density at radius 2 is 1.57 bits per heavy atom. The van der Waals surface area contributed by atoms with Crippen LogP contribution in [-0.4, -0.2) is 65.4 Å². The van der Waals surface area contributed by atoms with Crippen molar-refractivity contribution in [1.29, 1.82) is 0 Å². The minimum Gasteiger partial charge on any atom is -0.492 e. The lowest BCUT2D eigenvalue weighted by atomic mass is 9.96. The van der Waals surface area contributed by atoms with Crippen LogP contribution in [-0.2, 0) is 6.54 Å². The minimum atomic E-state index is -0.898. The molecule has 3 aromatic rings. The number of carbonyl (C=O) groups excluding carboxylic acids is 1. The summed E-state index contributed by atoms with van der Waals surface area (Å²) in [5.41, 5.74) is 8.34.